The van der Waals surface area contributed by atoms with Crippen LogP contribution in [0.3, 0.4) is 0 Å². The van der Waals surface area contributed by atoms with Gasteiger partial charge in [-0.2, -0.15) is 8.42 Å². The van der Waals surface area contributed by atoms with Gasteiger partial charge >= 0.3 is 5.97 Å². The van der Waals surface area contributed by atoms with Crippen molar-refractivity contribution in [1.29, 1.82) is 0 Å². The van der Waals surface area contributed by atoms with E-state index < -0.39 is 32.5 Å². The van der Waals surface area contributed by atoms with E-state index >= 15 is 0 Å². The molecule has 0 unspecified atom stereocenters. The number of rotatable bonds is 4. The second kappa shape index (κ2) is 5.50. The summed E-state index contributed by atoms with van der Waals surface area (Å²) in [5.74, 6) is -2.63. The minimum Gasteiger partial charge on any atom is -0.508 e. The number of benzene rings is 1. The molecule has 22 heavy (non-hydrogen) atoms. The van der Waals surface area contributed by atoms with E-state index in [1.165, 1.54) is 12.3 Å². The highest BCUT2D eigenvalue weighted by Crippen LogP contribution is 2.36. The molecule has 1 aromatic carbocycles. The Morgan fingerprint density at radius 3 is 2.45 bits per heavy atom. The van der Waals surface area contributed by atoms with E-state index in [0.717, 1.165) is 12.1 Å². The molecular weight excluding hydrogens is 316 g/mol. The number of aromatic carboxylic acids is 1. The lowest BCUT2D eigenvalue weighted by molar-refractivity contribution is 0.0690. The standard InChI is InChI=1S/C12H10N2O7S/c15-7-4-8(11(16)10(5-7)22(19,20)21)14-6-1-2-13-9(3-6)12(17)18/h1-5,15-16H,(H,13,14)(H,17,18)(H,19,20,21). The van der Waals surface area contributed by atoms with Crippen LogP contribution in [0.2, 0.25) is 0 Å². The molecule has 0 saturated heterocycles. The molecule has 1 heterocycles. The summed E-state index contributed by atoms with van der Waals surface area (Å²) >= 11 is 0. The lowest BCUT2D eigenvalue weighted by Crippen LogP contribution is -2.03. The Kier molecular flexibility index (Phi) is 3.89. The number of aromatic hydroxyl groups is 2. The Balaban J connectivity index is 2.48. The van der Waals surface area contributed by atoms with Gasteiger partial charge in [-0.25, -0.2) is 9.78 Å². The van der Waals surface area contributed by atoms with E-state index in [2.05, 4.69) is 10.3 Å². The van der Waals surface area contributed by atoms with Gasteiger partial charge in [0.2, 0.25) is 0 Å². The molecule has 0 spiro atoms. The largest absolute Gasteiger partial charge is 0.508 e. The van der Waals surface area contributed by atoms with Crippen LogP contribution in [0.15, 0.2) is 35.4 Å². The van der Waals surface area contributed by atoms with E-state index in [9.17, 15) is 23.4 Å². The average molecular weight is 326 g/mol. The Morgan fingerprint density at radius 2 is 1.86 bits per heavy atom. The van der Waals surface area contributed by atoms with Crippen LogP contribution in [0, 0.1) is 0 Å². The normalized spacial score (nSPS) is 11.1. The maximum Gasteiger partial charge on any atom is 0.354 e. The van der Waals surface area contributed by atoms with Crippen LogP contribution >= 0.6 is 0 Å². The summed E-state index contributed by atoms with van der Waals surface area (Å²) < 4.78 is 31.2. The van der Waals surface area contributed by atoms with Crippen LogP contribution in [0.1, 0.15) is 10.5 Å². The molecule has 2 rings (SSSR count). The minimum absolute atomic E-state index is 0.176. The van der Waals surface area contributed by atoms with Gasteiger partial charge in [0.05, 0.1) is 5.69 Å². The number of hydrogen-bond donors (Lipinski definition) is 5. The first-order valence-corrected chi connectivity index (χ1v) is 7.12. The van der Waals surface area contributed by atoms with E-state index in [1.807, 2.05) is 0 Å². The minimum atomic E-state index is -4.75. The highest BCUT2D eigenvalue weighted by Gasteiger charge is 2.20. The van der Waals surface area contributed by atoms with Gasteiger partial charge in [-0.1, -0.05) is 0 Å². The van der Waals surface area contributed by atoms with E-state index in [1.54, 1.807) is 0 Å². The molecule has 0 fully saturated rings. The lowest BCUT2D eigenvalue weighted by Gasteiger charge is -2.11. The summed E-state index contributed by atoms with van der Waals surface area (Å²) in [5, 5.41) is 30.7. The number of phenols is 2. The number of aromatic nitrogens is 1. The Bertz CT molecular complexity index is 849. The lowest BCUT2D eigenvalue weighted by atomic mass is 10.2. The highest BCUT2D eigenvalue weighted by molar-refractivity contribution is 7.86. The molecule has 0 aliphatic heterocycles. The predicted octanol–water partition coefficient (Wildman–Crippen LogP) is 1.18. The predicted molar refractivity (Wildman–Crippen MR) is 74.1 cm³/mol. The van der Waals surface area contributed by atoms with Crippen molar-refractivity contribution in [3.05, 3.63) is 36.2 Å². The van der Waals surface area contributed by atoms with Crippen LogP contribution in [0.4, 0.5) is 11.4 Å². The number of anilines is 2. The van der Waals surface area contributed by atoms with Crippen molar-refractivity contribution in [2.45, 2.75) is 4.90 Å². The molecule has 0 bridgehead atoms. The SMILES string of the molecule is O=C(O)c1cc(Nc2cc(O)cc(S(=O)(=O)O)c2O)ccn1. The maximum atomic E-state index is 11.1. The van der Waals surface area contributed by atoms with Gasteiger partial charge in [-0.05, 0) is 12.1 Å². The smallest absolute Gasteiger partial charge is 0.354 e. The number of carboxylic acids is 1. The molecule has 1 aromatic heterocycles. The maximum absolute atomic E-state index is 11.1. The molecular formula is C12H10N2O7S. The molecule has 9 nitrogen and oxygen atoms in total. The van der Waals surface area contributed by atoms with Crippen LogP contribution in [0.25, 0.3) is 0 Å². The molecule has 10 heteroatoms. The van der Waals surface area contributed by atoms with E-state index in [4.69, 9.17) is 9.66 Å². The number of phenolic OH excluding ortho intramolecular Hbond substituents is 2. The summed E-state index contributed by atoms with van der Waals surface area (Å²) in [5.41, 5.74) is -0.343. The molecule has 116 valence electrons. The first-order valence-electron chi connectivity index (χ1n) is 5.68. The Hall–Kier alpha value is -2.85. The number of nitrogens with zero attached hydrogens (tertiary/aromatic N) is 1. The van der Waals surface area contributed by atoms with Gasteiger partial charge in [0.15, 0.2) is 5.75 Å². The van der Waals surface area contributed by atoms with Crippen LogP contribution in [-0.4, -0.2) is 39.2 Å². The van der Waals surface area contributed by atoms with Gasteiger partial charge in [0, 0.05) is 24.0 Å². The summed E-state index contributed by atoms with van der Waals surface area (Å²) in [4.78, 5) is 13.5. The molecule has 0 radical (unpaired) electrons. The molecule has 5 N–H and O–H groups in total. The van der Waals surface area contributed by atoms with Crippen molar-refractivity contribution >= 4 is 27.5 Å². The Morgan fingerprint density at radius 1 is 1.18 bits per heavy atom. The fraction of sp³-hybridized carbons (Fsp3) is 0. The Labute approximate surface area is 124 Å². The number of pyridine rings is 1. The molecule has 0 amide bonds. The van der Waals surface area contributed by atoms with Crippen LogP contribution in [0.5, 0.6) is 11.5 Å². The van der Waals surface area contributed by atoms with Crippen molar-refractivity contribution in [3.8, 4) is 11.5 Å². The average Bonchev–Trinajstić information content (AvgIpc) is 2.41. The second-order valence-corrected chi connectivity index (χ2v) is 5.57. The summed E-state index contributed by atoms with van der Waals surface area (Å²) in [6.07, 6.45) is 1.19. The molecule has 0 atom stereocenters. The van der Waals surface area contributed by atoms with E-state index in [-0.39, 0.29) is 17.1 Å². The highest BCUT2D eigenvalue weighted by atomic mass is 32.2. The first-order chi connectivity index (χ1) is 10.2. The molecule has 2 aromatic rings. The zero-order valence-corrected chi connectivity index (χ0v) is 11.6. The third-order valence-electron chi connectivity index (χ3n) is 2.60. The van der Waals surface area contributed by atoms with Gasteiger partial charge in [0.1, 0.15) is 16.3 Å². The molecule has 0 aliphatic carbocycles. The number of carbonyl (C=O) groups is 1. The van der Waals surface area contributed by atoms with Gasteiger partial charge < -0.3 is 20.6 Å². The van der Waals surface area contributed by atoms with E-state index in [0.29, 0.717) is 6.07 Å². The topological polar surface area (TPSA) is 157 Å². The second-order valence-electron chi connectivity index (χ2n) is 4.18. The fourth-order valence-electron chi connectivity index (χ4n) is 1.67. The zero-order chi connectivity index (χ0) is 16.5. The van der Waals surface area contributed by atoms with Crippen LogP contribution < -0.4 is 5.32 Å². The number of hydrogen-bond acceptors (Lipinski definition) is 7. The first kappa shape index (κ1) is 15.5. The van der Waals surface area contributed by atoms with Crippen molar-refractivity contribution in [1.82, 2.24) is 4.98 Å². The van der Waals surface area contributed by atoms with Crippen molar-refractivity contribution in [2.24, 2.45) is 0 Å². The fourth-order valence-corrected chi connectivity index (χ4v) is 2.29. The van der Waals surface area contributed by atoms with Crippen molar-refractivity contribution < 1.29 is 33.1 Å². The molecule has 0 saturated carbocycles. The number of carboxylic acid groups (broad SMARTS) is 1. The quantitative estimate of drug-likeness (QED) is 0.316. The monoisotopic (exact) mass is 326 g/mol. The third kappa shape index (κ3) is 3.24. The summed E-state index contributed by atoms with van der Waals surface area (Å²) in [7, 11) is -4.75. The van der Waals surface area contributed by atoms with Gasteiger partial charge in [-0.3, -0.25) is 4.55 Å². The van der Waals surface area contributed by atoms with Gasteiger partial charge in [-0.15, -0.1) is 0 Å². The molecule has 0 aliphatic rings. The van der Waals surface area contributed by atoms with Crippen molar-refractivity contribution in [2.75, 3.05) is 5.32 Å². The number of nitrogens with one attached hydrogen (secondary N) is 1. The van der Waals surface area contributed by atoms with Gasteiger partial charge in [0.25, 0.3) is 10.1 Å². The zero-order valence-electron chi connectivity index (χ0n) is 10.8. The summed E-state index contributed by atoms with van der Waals surface area (Å²) in [6, 6.07) is 4.18. The van der Waals surface area contributed by atoms with Crippen molar-refractivity contribution in [3.63, 3.8) is 0 Å². The third-order valence-corrected chi connectivity index (χ3v) is 3.46. The summed E-state index contributed by atoms with van der Waals surface area (Å²) in [6.45, 7) is 0. The van der Waals surface area contributed by atoms with Crippen LogP contribution in [-0.2, 0) is 10.1 Å².